The molecule has 4 aromatic rings. The Morgan fingerprint density at radius 2 is 1.35 bits per heavy atom. The zero-order valence-corrected chi connectivity index (χ0v) is 21.6. The van der Waals surface area contributed by atoms with Gasteiger partial charge in [-0.3, -0.25) is 9.52 Å². The van der Waals surface area contributed by atoms with Crippen molar-refractivity contribution in [1.82, 2.24) is 9.97 Å². The zero-order valence-electron chi connectivity index (χ0n) is 19.2. The van der Waals surface area contributed by atoms with E-state index >= 15 is 0 Å². The molecule has 0 spiro atoms. The molecular formula is C24H20ClN5O5S2. The highest BCUT2D eigenvalue weighted by atomic mass is 35.5. The van der Waals surface area contributed by atoms with Crippen molar-refractivity contribution in [2.75, 3.05) is 14.8 Å². The number of carbonyl (C=O) groups excluding carboxylic acids is 1. The molecular weight excluding hydrogens is 538 g/mol. The molecule has 0 bridgehead atoms. The van der Waals surface area contributed by atoms with Crippen LogP contribution in [0.1, 0.15) is 15.9 Å². The quantitative estimate of drug-likeness (QED) is 0.293. The van der Waals surface area contributed by atoms with E-state index in [0.717, 1.165) is 5.56 Å². The number of nitrogens with zero attached hydrogens (tertiary/aromatic N) is 2. The Hall–Kier alpha value is -4.00. The molecule has 0 fully saturated rings. The second-order valence-corrected chi connectivity index (χ2v) is 11.5. The Labute approximate surface area is 218 Å². The molecule has 0 atom stereocenters. The minimum Gasteiger partial charge on any atom is -0.322 e. The number of rotatable bonds is 8. The van der Waals surface area contributed by atoms with Gasteiger partial charge in [0.1, 0.15) is 0 Å². The average Bonchev–Trinajstić information content (AvgIpc) is 2.86. The Morgan fingerprint density at radius 3 is 1.95 bits per heavy atom. The van der Waals surface area contributed by atoms with E-state index in [4.69, 9.17) is 11.6 Å². The summed E-state index contributed by atoms with van der Waals surface area (Å²) in [6, 6.07) is 17.5. The summed E-state index contributed by atoms with van der Waals surface area (Å²) in [5.41, 5.74) is 1.54. The molecule has 3 N–H and O–H groups in total. The van der Waals surface area contributed by atoms with Gasteiger partial charge in [-0.25, -0.2) is 31.5 Å². The number of nitrogens with one attached hydrogen (secondary N) is 3. The number of amides is 1. The Balaban J connectivity index is 1.43. The molecule has 0 radical (unpaired) electrons. The van der Waals surface area contributed by atoms with Gasteiger partial charge in [0.2, 0.25) is 5.95 Å². The van der Waals surface area contributed by atoms with Crippen LogP contribution in [0.2, 0.25) is 5.02 Å². The van der Waals surface area contributed by atoms with E-state index in [9.17, 15) is 21.6 Å². The average molecular weight is 558 g/mol. The summed E-state index contributed by atoms with van der Waals surface area (Å²) in [5, 5.41) is 2.66. The van der Waals surface area contributed by atoms with Gasteiger partial charge in [0, 0.05) is 23.6 Å². The number of aromatic nitrogens is 2. The van der Waals surface area contributed by atoms with Gasteiger partial charge >= 0.3 is 0 Å². The lowest BCUT2D eigenvalue weighted by Gasteiger charge is -2.12. The van der Waals surface area contributed by atoms with Gasteiger partial charge in [-0.15, -0.1) is 0 Å². The maximum atomic E-state index is 12.7. The molecule has 4 rings (SSSR count). The van der Waals surface area contributed by atoms with Crippen molar-refractivity contribution in [3.8, 4) is 0 Å². The maximum Gasteiger partial charge on any atom is 0.264 e. The molecule has 10 nitrogen and oxygen atoms in total. The molecule has 3 aromatic carbocycles. The van der Waals surface area contributed by atoms with Crippen molar-refractivity contribution in [2.24, 2.45) is 0 Å². The molecule has 0 aliphatic carbocycles. The normalized spacial score (nSPS) is 11.5. The highest BCUT2D eigenvalue weighted by molar-refractivity contribution is 7.93. The first-order valence-electron chi connectivity index (χ1n) is 10.6. The topological polar surface area (TPSA) is 147 Å². The lowest BCUT2D eigenvalue weighted by atomic mass is 10.2. The van der Waals surface area contributed by atoms with Crippen LogP contribution in [-0.4, -0.2) is 32.7 Å². The van der Waals surface area contributed by atoms with Gasteiger partial charge in [0.05, 0.1) is 20.5 Å². The van der Waals surface area contributed by atoms with E-state index in [1.807, 2.05) is 6.92 Å². The summed E-state index contributed by atoms with van der Waals surface area (Å²) in [5.74, 6) is -0.595. The first-order chi connectivity index (χ1) is 17.5. The van der Waals surface area contributed by atoms with Crippen molar-refractivity contribution in [2.45, 2.75) is 16.7 Å². The third kappa shape index (κ3) is 6.42. The van der Waals surface area contributed by atoms with E-state index < -0.39 is 26.0 Å². The van der Waals surface area contributed by atoms with E-state index in [-0.39, 0.29) is 32.0 Å². The second kappa shape index (κ2) is 10.5. The van der Waals surface area contributed by atoms with Gasteiger partial charge in [-0.2, -0.15) is 0 Å². The lowest BCUT2D eigenvalue weighted by Crippen LogP contribution is -2.16. The molecule has 1 heterocycles. The van der Waals surface area contributed by atoms with E-state index in [2.05, 4.69) is 24.7 Å². The summed E-state index contributed by atoms with van der Waals surface area (Å²) in [6.45, 7) is 1.85. The number of carbonyl (C=O) groups is 1. The summed E-state index contributed by atoms with van der Waals surface area (Å²) in [7, 11) is -7.79. The Bertz CT molecular complexity index is 1650. The number of hydrogen-bond donors (Lipinski definition) is 3. The van der Waals surface area contributed by atoms with E-state index in [1.54, 1.807) is 18.2 Å². The van der Waals surface area contributed by atoms with Crippen LogP contribution in [-0.2, 0) is 20.0 Å². The number of sulfonamides is 2. The molecule has 1 amide bonds. The lowest BCUT2D eigenvalue weighted by molar-refractivity contribution is 0.102. The van der Waals surface area contributed by atoms with Gasteiger partial charge in [0.25, 0.3) is 26.0 Å². The van der Waals surface area contributed by atoms with E-state index in [0.29, 0.717) is 5.69 Å². The second-order valence-electron chi connectivity index (χ2n) is 7.77. The van der Waals surface area contributed by atoms with Crippen LogP contribution < -0.4 is 14.8 Å². The Kier molecular flexibility index (Phi) is 7.43. The SMILES string of the molecule is Cc1ccc(S(=O)(=O)Nc2ccc(C(=O)Nc3ccc(S(=O)(=O)Nc4ncccn4)cc3)cc2Cl)cc1. The fourth-order valence-electron chi connectivity index (χ4n) is 3.11. The number of aryl methyl sites for hydroxylation is 1. The van der Waals surface area contributed by atoms with Crippen LogP contribution in [0.15, 0.2) is 95.0 Å². The smallest absolute Gasteiger partial charge is 0.264 e. The maximum absolute atomic E-state index is 12.7. The van der Waals surface area contributed by atoms with Gasteiger partial charge in [0.15, 0.2) is 0 Å². The molecule has 37 heavy (non-hydrogen) atoms. The number of hydrogen-bond acceptors (Lipinski definition) is 7. The van der Waals surface area contributed by atoms with E-state index in [1.165, 1.54) is 67.0 Å². The minimum atomic E-state index is -3.92. The van der Waals surface area contributed by atoms with Crippen LogP contribution in [0.4, 0.5) is 17.3 Å². The van der Waals surface area contributed by atoms with Crippen LogP contribution in [0.25, 0.3) is 0 Å². The van der Waals surface area contributed by atoms with Crippen LogP contribution in [0.5, 0.6) is 0 Å². The first kappa shape index (κ1) is 26.1. The molecule has 0 aliphatic rings. The van der Waals surface area contributed by atoms with Gasteiger partial charge in [-0.05, 0) is 67.6 Å². The summed E-state index contributed by atoms with van der Waals surface area (Å²) in [6.07, 6.45) is 2.81. The van der Waals surface area contributed by atoms with Crippen LogP contribution in [0, 0.1) is 6.92 Å². The monoisotopic (exact) mass is 557 g/mol. The third-order valence-corrected chi connectivity index (χ3v) is 8.06. The fraction of sp³-hybridized carbons (Fsp3) is 0.0417. The van der Waals surface area contributed by atoms with Crippen LogP contribution >= 0.6 is 11.6 Å². The fourth-order valence-corrected chi connectivity index (χ4v) is 5.43. The number of anilines is 3. The molecule has 0 aliphatic heterocycles. The predicted octanol–water partition coefficient (Wildman–Crippen LogP) is 4.29. The van der Waals surface area contributed by atoms with Gasteiger partial charge < -0.3 is 5.32 Å². The predicted molar refractivity (Wildman–Crippen MR) is 141 cm³/mol. The summed E-state index contributed by atoms with van der Waals surface area (Å²) in [4.78, 5) is 20.4. The molecule has 1 aromatic heterocycles. The van der Waals surface area contributed by atoms with Crippen molar-refractivity contribution in [1.29, 1.82) is 0 Å². The van der Waals surface area contributed by atoms with Crippen molar-refractivity contribution in [3.63, 3.8) is 0 Å². The minimum absolute atomic E-state index is 0.0268. The standard InChI is InChI=1S/C24H20ClN5O5S2/c1-16-3-8-19(9-4-16)36(32,33)29-22-12-5-17(15-21(22)25)23(31)28-18-6-10-20(11-7-18)37(34,35)30-24-26-13-2-14-27-24/h2-15,29H,1H3,(H,28,31)(H,26,27,30). The van der Waals surface area contributed by atoms with Gasteiger partial charge in [-0.1, -0.05) is 29.3 Å². The molecule has 0 saturated carbocycles. The molecule has 13 heteroatoms. The zero-order chi connectivity index (χ0) is 26.6. The highest BCUT2D eigenvalue weighted by Gasteiger charge is 2.18. The third-order valence-electron chi connectivity index (χ3n) is 5.02. The first-order valence-corrected chi connectivity index (χ1v) is 14.0. The largest absolute Gasteiger partial charge is 0.322 e. The van der Waals surface area contributed by atoms with Crippen molar-refractivity contribution < 1.29 is 21.6 Å². The van der Waals surface area contributed by atoms with Crippen molar-refractivity contribution >= 4 is 54.9 Å². The summed E-state index contributed by atoms with van der Waals surface area (Å²) >= 11 is 6.24. The summed E-state index contributed by atoms with van der Waals surface area (Å²) < 4.78 is 54.9. The van der Waals surface area contributed by atoms with Crippen LogP contribution in [0.3, 0.4) is 0 Å². The highest BCUT2D eigenvalue weighted by Crippen LogP contribution is 2.26. The molecule has 190 valence electrons. The number of benzene rings is 3. The Morgan fingerprint density at radius 1 is 0.784 bits per heavy atom. The molecule has 0 unspecified atom stereocenters. The van der Waals surface area contributed by atoms with Crippen molar-refractivity contribution in [3.05, 3.63) is 101 Å². The number of halogens is 1. The molecule has 0 saturated heterocycles.